The van der Waals surface area contributed by atoms with E-state index in [9.17, 15) is 0 Å². The summed E-state index contributed by atoms with van der Waals surface area (Å²) in [5.74, 6) is 0. The summed E-state index contributed by atoms with van der Waals surface area (Å²) >= 11 is 0. The van der Waals surface area contributed by atoms with Gasteiger partial charge in [-0.3, -0.25) is 0 Å². The van der Waals surface area contributed by atoms with E-state index in [1.807, 2.05) is 19.2 Å². The van der Waals surface area contributed by atoms with E-state index < -0.39 is 0 Å². The smallest absolute Gasteiger partial charge is 0.0991 e. The summed E-state index contributed by atoms with van der Waals surface area (Å²) in [6.07, 6.45) is 3.87. The summed E-state index contributed by atoms with van der Waals surface area (Å²) in [4.78, 5) is 0. The zero-order chi connectivity index (χ0) is 10.4. The molecule has 1 aromatic rings. The van der Waals surface area contributed by atoms with Crippen LogP contribution in [0.15, 0.2) is 24.3 Å². The first kappa shape index (κ1) is 10.3. The molecule has 0 aliphatic heterocycles. The highest BCUT2D eigenvalue weighted by Crippen LogP contribution is 2.15. The largest absolute Gasteiger partial charge is 0.398 e. The van der Waals surface area contributed by atoms with Gasteiger partial charge >= 0.3 is 0 Å². The molecule has 3 nitrogen and oxygen atoms in total. The number of rotatable bonds is 3. The van der Waals surface area contributed by atoms with E-state index >= 15 is 0 Å². The quantitative estimate of drug-likeness (QED) is 0.702. The molecule has 0 aliphatic rings. The molecule has 3 N–H and O–H groups in total. The van der Waals surface area contributed by atoms with Gasteiger partial charge in [0.05, 0.1) is 11.6 Å². The van der Waals surface area contributed by atoms with Crippen LogP contribution >= 0.6 is 0 Å². The first-order valence-corrected chi connectivity index (χ1v) is 4.38. The molecular formula is C11H13N3. The van der Waals surface area contributed by atoms with Crippen LogP contribution in [-0.2, 0) is 0 Å². The van der Waals surface area contributed by atoms with Crippen molar-refractivity contribution in [3.8, 4) is 6.07 Å². The third-order valence-corrected chi connectivity index (χ3v) is 1.84. The van der Waals surface area contributed by atoms with Crippen LogP contribution < -0.4 is 11.1 Å². The first-order chi connectivity index (χ1) is 6.77. The number of nitrogens with two attached hydrogens (primary N) is 1. The van der Waals surface area contributed by atoms with Crippen LogP contribution in [0.25, 0.3) is 6.08 Å². The van der Waals surface area contributed by atoms with Crippen LogP contribution in [0.5, 0.6) is 0 Å². The van der Waals surface area contributed by atoms with Crippen molar-refractivity contribution in [3.63, 3.8) is 0 Å². The molecule has 1 aromatic carbocycles. The predicted molar refractivity (Wildman–Crippen MR) is 58.5 cm³/mol. The van der Waals surface area contributed by atoms with E-state index in [1.54, 1.807) is 18.2 Å². The van der Waals surface area contributed by atoms with Crippen LogP contribution in [0.4, 0.5) is 5.69 Å². The minimum absolute atomic E-state index is 0.628. The molecule has 0 saturated heterocycles. The van der Waals surface area contributed by atoms with Crippen molar-refractivity contribution in [1.82, 2.24) is 5.32 Å². The Morgan fingerprint density at radius 1 is 1.57 bits per heavy atom. The van der Waals surface area contributed by atoms with Crippen molar-refractivity contribution in [2.75, 3.05) is 19.3 Å². The summed E-state index contributed by atoms with van der Waals surface area (Å²) < 4.78 is 0. The van der Waals surface area contributed by atoms with Gasteiger partial charge in [-0.1, -0.05) is 12.2 Å². The molecule has 0 unspecified atom stereocenters. The number of anilines is 1. The van der Waals surface area contributed by atoms with Gasteiger partial charge in [0.15, 0.2) is 0 Å². The molecule has 0 amide bonds. The van der Waals surface area contributed by atoms with Crippen LogP contribution in [0.3, 0.4) is 0 Å². The molecule has 0 atom stereocenters. The summed E-state index contributed by atoms with van der Waals surface area (Å²) in [5, 5.41) is 11.7. The lowest BCUT2D eigenvalue weighted by molar-refractivity contribution is 0.922. The molecular weight excluding hydrogens is 174 g/mol. The van der Waals surface area contributed by atoms with Crippen molar-refractivity contribution in [2.45, 2.75) is 0 Å². The molecule has 0 fully saturated rings. The van der Waals surface area contributed by atoms with Crippen LogP contribution in [-0.4, -0.2) is 13.6 Å². The maximum Gasteiger partial charge on any atom is 0.0991 e. The summed E-state index contributed by atoms with van der Waals surface area (Å²) in [6, 6.07) is 7.32. The highest BCUT2D eigenvalue weighted by Gasteiger charge is 1.96. The SMILES string of the molecule is CNCC=Cc1cc(C#N)ccc1N. The third-order valence-electron chi connectivity index (χ3n) is 1.84. The Kier molecular flexibility index (Phi) is 3.71. The minimum Gasteiger partial charge on any atom is -0.398 e. The van der Waals surface area contributed by atoms with Gasteiger partial charge in [-0.15, -0.1) is 0 Å². The zero-order valence-electron chi connectivity index (χ0n) is 8.12. The van der Waals surface area contributed by atoms with Gasteiger partial charge in [-0.2, -0.15) is 5.26 Å². The van der Waals surface area contributed by atoms with Gasteiger partial charge in [0.2, 0.25) is 0 Å². The van der Waals surface area contributed by atoms with Crippen molar-refractivity contribution < 1.29 is 0 Å². The van der Waals surface area contributed by atoms with Gasteiger partial charge < -0.3 is 11.1 Å². The normalized spacial score (nSPS) is 10.3. The molecule has 0 spiro atoms. The van der Waals surface area contributed by atoms with E-state index in [1.165, 1.54) is 0 Å². The lowest BCUT2D eigenvalue weighted by Crippen LogP contribution is -2.03. The molecule has 0 heterocycles. The summed E-state index contributed by atoms with van der Waals surface area (Å²) in [5.41, 5.74) is 7.95. The number of nitrogens with zero attached hydrogens (tertiary/aromatic N) is 1. The number of nitriles is 1. The van der Waals surface area contributed by atoms with Crippen molar-refractivity contribution in [1.29, 1.82) is 5.26 Å². The third kappa shape index (κ3) is 2.61. The lowest BCUT2D eigenvalue weighted by atomic mass is 10.1. The van der Waals surface area contributed by atoms with E-state index in [4.69, 9.17) is 11.0 Å². The average molecular weight is 187 g/mol. The van der Waals surface area contributed by atoms with E-state index in [2.05, 4.69) is 11.4 Å². The molecule has 0 radical (unpaired) electrons. The topological polar surface area (TPSA) is 61.8 Å². The first-order valence-electron chi connectivity index (χ1n) is 4.38. The van der Waals surface area contributed by atoms with Crippen molar-refractivity contribution in [3.05, 3.63) is 35.4 Å². The number of nitrogens with one attached hydrogen (secondary N) is 1. The van der Waals surface area contributed by atoms with Gasteiger partial charge in [-0.05, 0) is 30.8 Å². The number of hydrogen-bond donors (Lipinski definition) is 2. The lowest BCUT2D eigenvalue weighted by Gasteiger charge is -2.00. The Hall–Kier alpha value is -1.79. The molecule has 0 saturated carbocycles. The second kappa shape index (κ2) is 5.05. The average Bonchev–Trinajstić information content (AvgIpc) is 2.21. The maximum absolute atomic E-state index is 8.70. The number of benzene rings is 1. The monoisotopic (exact) mass is 187 g/mol. The Balaban J connectivity index is 2.90. The minimum atomic E-state index is 0.628. The fourth-order valence-corrected chi connectivity index (χ4v) is 1.09. The van der Waals surface area contributed by atoms with Crippen LogP contribution in [0.1, 0.15) is 11.1 Å². The van der Waals surface area contributed by atoms with Gasteiger partial charge in [-0.25, -0.2) is 0 Å². The molecule has 1 rings (SSSR count). The van der Waals surface area contributed by atoms with Crippen molar-refractivity contribution >= 4 is 11.8 Å². The summed E-state index contributed by atoms with van der Waals surface area (Å²) in [6.45, 7) is 0.788. The second-order valence-electron chi connectivity index (χ2n) is 2.92. The zero-order valence-corrected chi connectivity index (χ0v) is 8.12. The Morgan fingerprint density at radius 3 is 3.00 bits per heavy atom. The maximum atomic E-state index is 8.70. The number of nitrogen functional groups attached to an aromatic ring is 1. The fraction of sp³-hybridized carbons (Fsp3) is 0.182. The summed E-state index contributed by atoms with van der Waals surface area (Å²) in [7, 11) is 1.87. The Labute approximate surface area is 83.8 Å². The number of likely N-dealkylation sites (N-methyl/N-ethyl adjacent to an activating group) is 1. The van der Waals surface area contributed by atoms with Gasteiger partial charge in [0.1, 0.15) is 0 Å². The molecule has 14 heavy (non-hydrogen) atoms. The highest BCUT2D eigenvalue weighted by molar-refractivity contribution is 5.66. The molecule has 0 aromatic heterocycles. The predicted octanol–water partition coefficient (Wildman–Crippen LogP) is 1.37. The molecule has 3 heteroatoms. The second-order valence-corrected chi connectivity index (χ2v) is 2.92. The Bertz CT molecular complexity index is 375. The van der Waals surface area contributed by atoms with E-state index in [0.29, 0.717) is 11.3 Å². The Morgan fingerprint density at radius 2 is 2.36 bits per heavy atom. The standard InChI is InChI=1S/C11H13N3/c1-14-6-2-3-10-7-9(8-12)4-5-11(10)13/h2-5,7,14H,6,13H2,1H3. The van der Waals surface area contributed by atoms with Crippen LogP contribution in [0, 0.1) is 11.3 Å². The van der Waals surface area contributed by atoms with Gasteiger partial charge in [0.25, 0.3) is 0 Å². The molecule has 0 bridgehead atoms. The van der Waals surface area contributed by atoms with E-state index in [0.717, 1.165) is 12.1 Å². The highest BCUT2D eigenvalue weighted by atomic mass is 14.8. The fourth-order valence-electron chi connectivity index (χ4n) is 1.09. The van der Waals surface area contributed by atoms with Gasteiger partial charge in [0, 0.05) is 12.2 Å². The number of hydrogen-bond acceptors (Lipinski definition) is 3. The van der Waals surface area contributed by atoms with Crippen molar-refractivity contribution in [2.24, 2.45) is 0 Å². The molecule has 0 aliphatic carbocycles. The molecule has 72 valence electrons. The van der Waals surface area contributed by atoms with E-state index in [-0.39, 0.29) is 0 Å². The van der Waals surface area contributed by atoms with Crippen LogP contribution in [0.2, 0.25) is 0 Å².